The number of benzene rings is 2. The number of aliphatic hydroxyl groups is 1. The van der Waals surface area contributed by atoms with Gasteiger partial charge in [0.25, 0.3) is 5.91 Å². The topological polar surface area (TPSA) is 69.6 Å². The normalized spacial score (nSPS) is 11.9. The van der Waals surface area contributed by atoms with Crippen molar-refractivity contribution in [3.05, 3.63) is 58.1 Å². The molecule has 0 heterocycles. The molecule has 0 fully saturated rings. The Labute approximate surface area is 125 Å². The van der Waals surface area contributed by atoms with E-state index >= 15 is 0 Å². The van der Waals surface area contributed by atoms with Crippen LogP contribution >= 0.6 is 23.2 Å². The Morgan fingerprint density at radius 1 is 1.10 bits per heavy atom. The summed E-state index contributed by atoms with van der Waals surface area (Å²) in [7, 11) is 0. The lowest BCUT2D eigenvalue weighted by Crippen LogP contribution is -2.20. The number of phenols is 1. The van der Waals surface area contributed by atoms with Crippen molar-refractivity contribution in [3.8, 4) is 5.75 Å². The van der Waals surface area contributed by atoms with Crippen molar-refractivity contribution < 1.29 is 15.0 Å². The van der Waals surface area contributed by atoms with Crippen LogP contribution in [-0.2, 0) is 4.79 Å². The van der Waals surface area contributed by atoms with Gasteiger partial charge in [0.15, 0.2) is 6.10 Å². The van der Waals surface area contributed by atoms with E-state index in [0.717, 1.165) is 0 Å². The highest BCUT2D eigenvalue weighted by atomic mass is 35.5. The van der Waals surface area contributed by atoms with Gasteiger partial charge in [0.2, 0.25) is 0 Å². The molecule has 1 amide bonds. The second-order valence-corrected chi connectivity index (χ2v) is 5.02. The van der Waals surface area contributed by atoms with E-state index < -0.39 is 12.0 Å². The number of aromatic hydroxyl groups is 1. The van der Waals surface area contributed by atoms with E-state index in [9.17, 15) is 15.0 Å². The van der Waals surface area contributed by atoms with Crippen LogP contribution in [0.2, 0.25) is 10.0 Å². The second-order valence-electron chi connectivity index (χ2n) is 4.14. The highest BCUT2D eigenvalue weighted by molar-refractivity contribution is 6.34. The van der Waals surface area contributed by atoms with E-state index in [-0.39, 0.29) is 5.75 Å². The first-order valence-corrected chi connectivity index (χ1v) is 6.45. The first-order valence-electron chi connectivity index (χ1n) is 5.69. The molecule has 6 heteroatoms. The minimum atomic E-state index is -1.41. The largest absolute Gasteiger partial charge is 0.508 e. The third-order valence-corrected chi connectivity index (χ3v) is 3.00. The number of anilines is 1. The van der Waals surface area contributed by atoms with Crippen LogP contribution in [0.5, 0.6) is 5.75 Å². The van der Waals surface area contributed by atoms with Crippen molar-refractivity contribution >= 4 is 34.8 Å². The summed E-state index contributed by atoms with van der Waals surface area (Å²) in [4.78, 5) is 11.9. The number of nitrogens with one attached hydrogen (secondary N) is 1. The van der Waals surface area contributed by atoms with Gasteiger partial charge >= 0.3 is 0 Å². The average molecular weight is 312 g/mol. The van der Waals surface area contributed by atoms with E-state index in [1.54, 1.807) is 12.1 Å². The summed E-state index contributed by atoms with van der Waals surface area (Å²) in [6, 6.07) is 10.4. The SMILES string of the molecule is O=C(Nc1cccc(O)c1)C(O)c1cc(Cl)cc(Cl)c1. The zero-order valence-electron chi connectivity index (χ0n) is 10.2. The van der Waals surface area contributed by atoms with Crippen molar-refractivity contribution in [1.29, 1.82) is 0 Å². The van der Waals surface area contributed by atoms with E-state index in [1.165, 1.54) is 30.3 Å². The molecular formula is C14H11Cl2NO3. The van der Waals surface area contributed by atoms with Gasteiger partial charge in [-0.2, -0.15) is 0 Å². The average Bonchev–Trinajstić information content (AvgIpc) is 2.36. The number of phenolic OH excluding ortho intramolecular Hbond substituents is 1. The second kappa shape index (κ2) is 6.13. The molecule has 2 rings (SSSR count). The zero-order valence-corrected chi connectivity index (χ0v) is 11.7. The minimum Gasteiger partial charge on any atom is -0.508 e. The fourth-order valence-corrected chi connectivity index (χ4v) is 2.22. The number of halogens is 2. The molecule has 0 saturated heterocycles. The van der Waals surface area contributed by atoms with Crippen LogP contribution in [0.15, 0.2) is 42.5 Å². The quantitative estimate of drug-likeness (QED) is 0.814. The molecule has 3 N–H and O–H groups in total. The number of rotatable bonds is 3. The van der Waals surface area contributed by atoms with Gasteiger partial charge in [-0.05, 0) is 35.9 Å². The molecule has 0 aliphatic heterocycles. The number of amides is 1. The molecule has 0 radical (unpaired) electrons. The number of aliphatic hydroxyl groups excluding tert-OH is 1. The Morgan fingerprint density at radius 3 is 2.35 bits per heavy atom. The molecule has 2 aromatic carbocycles. The number of carbonyl (C=O) groups is 1. The molecule has 4 nitrogen and oxygen atoms in total. The Kier molecular flexibility index (Phi) is 4.49. The monoisotopic (exact) mass is 311 g/mol. The van der Waals surface area contributed by atoms with Crippen LogP contribution < -0.4 is 5.32 Å². The van der Waals surface area contributed by atoms with Gasteiger partial charge in [0, 0.05) is 21.8 Å². The molecule has 2 aromatic rings. The van der Waals surface area contributed by atoms with Gasteiger partial charge in [-0.15, -0.1) is 0 Å². The summed E-state index contributed by atoms with van der Waals surface area (Å²) in [5, 5.41) is 22.4. The van der Waals surface area contributed by atoms with Crippen LogP contribution in [0.1, 0.15) is 11.7 Å². The van der Waals surface area contributed by atoms with E-state index in [1.807, 2.05) is 0 Å². The Hall–Kier alpha value is -1.75. The molecule has 0 bridgehead atoms. The molecule has 0 spiro atoms. The predicted octanol–water partition coefficient (Wildman–Crippen LogP) is 3.37. The smallest absolute Gasteiger partial charge is 0.257 e. The lowest BCUT2D eigenvalue weighted by molar-refractivity contribution is -0.124. The molecule has 0 aliphatic carbocycles. The van der Waals surface area contributed by atoms with Gasteiger partial charge in [-0.3, -0.25) is 4.79 Å². The van der Waals surface area contributed by atoms with Crippen molar-refractivity contribution in [1.82, 2.24) is 0 Å². The van der Waals surface area contributed by atoms with E-state index in [2.05, 4.69) is 5.32 Å². The lowest BCUT2D eigenvalue weighted by Gasteiger charge is -2.12. The van der Waals surface area contributed by atoms with Crippen molar-refractivity contribution in [2.75, 3.05) is 5.32 Å². The predicted molar refractivity (Wildman–Crippen MR) is 78.2 cm³/mol. The van der Waals surface area contributed by atoms with Crippen LogP contribution in [0.4, 0.5) is 5.69 Å². The first-order chi connectivity index (χ1) is 9.45. The van der Waals surface area contributed by atoms with Crippen LogP contribution in [0.3, 0.4) is 0 Å². The summed E-state index contributed by atoms with van der Waals surface area (Å²) in [6.45, 7) is 0. The minimum absolute atomic E-state index is 0.0167. The third kappa shape index (κ3) is 3.63. The molecule has 0 aromatic heterocycles. The van der Waals surface area contributed by atoms with Gasteiger partial charge < -0.3 is 15.5 Å². The van der Waals surface area contributed by atoms with Gasteiger partial charge in [-0.1, -0.05) is 29.3 Å². The van der Waals surface area contributed by atoms with E-state index in [4.69, 9.17) is 23.2 Å². The Bertz CT molecular complexity index is 626. The molecule has 1 atom stereocenters. The van der Waals surface area contributed by atoms with Crippen molar-refractivity contribution in [2.45, 2.75) is 6.10 Å². The maximum Gasteiger partial charge on any atom is 0.257 e. The molecular weight excluding hydrogens is 301 g/mol. The molecule has 0 saturated carbocycles. The Morgan fingerprint density at radius 2 is 1.75 bits per heavy atom. The molecule has 104 valence electrons. The highest BCUT2D eigenvalue weighted by Gasteiger charge is 2.18. The van der Waals surface area contributed by atoms with Crippen LogP contribution in [0, 0.1) is 0 Å². The summed E-state index contributed by atoms with van der Waals surface area (Å²) < 4.78 is 0. The Balaban J connectivity index is 2.16. The van der Waals surface area contributed by atoms with Crippen molar-refractivity contribution in [2.24, 2.45) is 0 Å². The molecule has 1 unspecified atom stereocenters. The first kappa shape index (κ1) is 14.7. The highest BCUT2D eigenvalue weighted by Crippen LogP contribution is 2.25. The van der Waals surface area contributed by atoms with Gasteiger partial charge in [-0.25, -0.2) is 0 Å². The van der Waals surface area contributed by atoms with Gasteiger partial charge in [0.05, 0.1) is 0 Å². The summed E-state index contributed by atoms with van der Waals surface area (Å²) in [6.07, 6.45) is -1.41. The van der Waals surface area contributed by atoms with Crippen LogP contribution in [-0.4, -0.2) is 16.1 Å². The molecule has 0 aliphatic rings. The molecule has 20 heavy (non-hydrogen) atoms. The number of carbonyl (C=O) groups excluding carboxylic acids is 1. The zero-order chi connectivity index (χ0) is 14.7. The fraction of sp³-hybridized carbons (Fsp3) is 0.0714. The maximum atomic E-state index is 11.9. The van der Waals surface area contributed by atoms with E-state index in [0.29, 0.717) is 21.3 Å². The van der Waals surface area contributed by atoms with Crippen LogP contribution in [0.25, 0.3) is 0 Å². The summed E-state index contributed by atoms with van der Waals surface area (Å²) >= 11 is 11.6. The third-order valence-electron chi connectivity index (χ3n) is 2.56. The standard InChI is InChI=1S/C14H11Cl2NO3/c15-9-4-8(5-10(16)6-9)13(19)14(20)17-11-2-1-3-12(18)7-11/h1-7,13,18-19H,(H,17,20). The number of hydrogen-bond acceptors (Lipinski definition) is 3. The summed E-state index contributed by atoms with van der Waals surface area (Å²) in [5.74, 6) is -0.628. The van der Waals surface area contributed by atoms with Gasteiger partial charge in [0.1, 0.15) is 5.75 Å². The lowest BCUT2D eigenvalue weighted by atomic mass is 10.1. The van der Waals surface area contributed by atoms with Crippen molar-refractivity contribution in [3.63, 3.8) is 0 Å². The fourth-order valence-electron chi connectivity index (χ4n) is 1.68. The summed E-state index contributed by atoms with van der Waals surface area (Å²) in [5.41, 5.74) is 0.669. The number of hydrogen-bond donors (Lipinski definition) is 3. The maximum absolute atomic E-state index is 11.9.